The first-order valence-electron chi connectivity index (χ1n) is 8.35. The van der Waals surface area contributed by atoms with E-state index in [9.17, 15) is 9.59 Å². The highest BCUT2D eigenvalue weighted by Crippen LogP contribution is 2.16. The number of carbonyl (C=O) groups is 2. The van der Waals surface area contributed by atoms with E-state index in [2.05, 4.69) is 15.2 Å². The molecule has 2 heterocycles. The Balaban J connectivity index is 1.50. The van der Waals surface area contributed by atoms with Gasteiger partial charge in [-0.2, -0.15) is 0 Å². The first-order chi connectivity index (χ1) is 12.2. The highest BCUT2D eigenvalue weighted by molar-refractivity contribution is 5.99. The lowest BCUT2D eigenvalue weighted by Crippen LogP contribution is -2.36. The predicted octanol–water partition coefficient (Wildman–Crippen LogP) is 1.46. The van der Waals surface area contributed by atoms with Crippen molar-refractivity contribution >= 4 is 17.4 Å². The van der Waals surface area contributed by atoms with Gasteiger partial charge in [0.2, 0.25) is 5.91 Å². The molecule has 0 bridgehead atoms. The molecule has 0 unspecified atom stereocenters. The first kappa shape index (κ1) is 17.1. The average molecular weight is 339 g/mol. The van der Waals surface area contributed by atoms with Crippen LogP contribution in [0.4, 0.5) is 5.69 Å². The second-order valence-corrected chi connectivity index (χ2v) is 5.84. The van der Waals surface area contributed by atoms with Crippen molar-refractivity contribution in [1.29, 1.82) is 0 Å². The SMILES string of the molecule is O=C(Cc1ccccn1)NCC(=O)c1ccc(N2CCOCC2)cc1. The smallest absolute Gasteiger partial charge is 0.226 e. The number of rotatable bonds is 6. The number of carbonyl (C=O) groups excluding carboxylic acids is 2. The van der Waals surface area contributed by atoms with Gasteiger partial charge in [-0.15, -0.1) is 0 Å². The molecule has 1 saturated heterocycles. The van der Waals surface area contributed by atoms with Gasteiger partial charge >= 0.3 is 0 Å². The maximum atomic E-state index is 12.2. The molecule has 1 fully saturated rings. The molecule has 1 amide bonds. The van der Waals surface area contributed by atoms with Crippen molar-refractivity contribution in [1.82, 2.24) is 10.3 Å². The van der Waals surface area contributed by atoms with E-state index in [1.165, 1.54) is 0 Å². The number of aromatic nitrogens is 1. The lowest BCUT2D eigenvalue weighted by molar-refractivity contribution is -0.120. The fourth-order valence-corrected chi connectivity index (χ4v) is 2.69. The van der Waals surface area contributed by atoms with Crippen molar-refractivity contribution < 1.29 is 14.3 Å². The zero-order chi connectivity index (χ0) is 17.5. The van der Waals surface area contributed by atoms with Crippen molar-refractivity contribution in [3.63, 3.8) is 0 Å². The number of hydrogen-bond donors (Lipinski definition) is 1. The third-order valence-corrected chi connectivity index (χ3v) is 4.08. The Bertz CT molecular complexity index is 710. The Hall–Kier alpha value is -2.73. The van der Waals surface area contributed by atoms with Gasteiger partial charge in [0.15, 0.2) is 5.78 Å². The minimum absolute atomic E-state index is 0.0113. The fourth-order valence-electron chi connectivity index (χ4n) is 2.69. The second-order valence-electron chi connectivity index (χ2n) is 5.84. The number of nitrogens with zero attached hydrogens (tertiary/aromatic N) is 2. The monoisotopic (exact) mass is 339 g/mol. The molecule has 1 aliphatic heterocycles. The second kappa shape index (κ2) is 8.39. The van der Waals surface area contributed by atoms with E-state index < -0.39 is 0 Å². The van der Waals surface area contributed by atoms with E-state index in [1.807, 2.05) is 18.2 Å². The molecule has 25 heavy (non-hydrogen) atoms. The van der Waals surface area contributed by atoms with Crippen LogP contribution in [0, 0.1) is 0 Å². The van der Waals surface area contributed by atoms with Crippen molar-refractivity contribution in [3.8, 4) is 0 Å². The van der Waals surface area contributed by atoms with Crippen LogP contribution in [0.2, 0.25) is 0 Å². The predicted molar refractivity (Wildman–Crippen MR) is 94.8 cm³/mol. The number of anilines is 1. The zero-order valence-corrected chi connectivity index (χ0v) is 14.0. The Labute approximate surface area is 146 Å². The van der Waals surface area contributed by atoms with Gasteiger partial charge in [0.25, 0.3) is 0 Å². The molecule has 0 spiro atoms. The molecule has 2 aromatic rings. The molecule has 6 heteroatoms. The minimum atomic E-state index is -0.211. The Morgan fingerprint density at radius 1 is 1.08 bits per heavy atom. The summed E-state index contributed by atoms with van der Waals surface area (Å²) in [7, 11) is 0. The molecule has 0 radical (unpaired) electrons. The number of ether oxygens (including phenoxy) is 1. The van der Waals surface area contributed by atoms with Gasteiger partial charge in [-0.1, -0.05) is 6.07 Å². The van der Waals surface area contributed by atoms with Crippen LogP contribution in [-0.4, -0.2) is 49.5 Å². The van der Waals surface area contributed by atoms with Gasteiger partial charge in [-0.05, 0) is 36.4 Å². The molecular weight excluding hydrogens is 318 g/mol. The summed E-state index contributed by atoms with van der Waals surface area (Å²) < 4.78 is 5.34. The van der Waals surface area contributed by atoms with Gasteiger partial charge in [0.1, 0.15) is 0 Å². The topological polar surface area (TPSA) is 71.5 Å². The third kappa shape index (κ3) is 4.87. The molecular formula is C19H21N3O3. The van der Waals surface area contributed by atoms with Crippen LogP contribution in [0.1, 0.15) is 16.1 Å². The summed E-state index contributed by atoms with van der Waals surface area (Å²) in [6.45, 7) is 3.16. The first-order valence-corrected chi connectivity index (χ1v) is 8.35. The van der Waals surface area contributed by atoms with Gasteiger partial charge < -0.3 is 15.0 Å². The summed E-state index contributed by atoms with van der Waals surface area (Å²) in [5, 5.41) is 2.65. The van der Waals surface area contributed by atoms with E-state index in [0.29, 0.717) is 11.3 Å². The number of morpholine rings is 1. The molecule has 1 aromatic heterocycles. The lowest BCUT2D eigenvalue weighted by Gasteiger charge is -2.28. The number of Topliss-reactive ketones (excluding diaryl/α,β-unsaturated/α-hetero) is 1. The molecule has 1 aromatic carbocycles. The summed E-state index contributed by atoms with van der Waals surface area (Å²) in [4.78, 5) is 30.4. The van der Waals surface area contributed by atoms with Crippen LogP contribution < -0.4 is 10.2 Å². The molecule has 130 valence electrons. The van der Waals surface area contributed by atoms with Gasteiger partial charge in [-0.25, -0.2) is 0 Å². The Morgan fingerprint density at radius 3 is 2.52 bits per heavy atom. The molecule has 1 N–H and O–H groups in total. The number of nitrogens with one attached hydrogen (secondary N) is 1. The van der Waals surface area contributed by atoms with Crippen molar-refractivity contribution in [3.05, 3.63) is 59.9 Å². The van der Waals surface area contributed by atoms with Gasteiger partial charge in [-0.3, -0.25) is 14.6 Å². The molecule has 0 saturated carbocycles. The number of ketones is 1. The van der Waals surface area contributed by atoms with E-state index >= 15 is 0 Å². The summed E-state index contributed by atoms with van der Waals surface area (Å²) in [5.41, 5.74) is 2.36. The fraction of sp³-hybridized carbons (Fsp3) is 0.316. The third-order valence-electron chi connectivity index (χ3n) is 4.08. The van der Waals surface area contributed by atoms with Crippen LogP contribution in [0.5, 0.6) is 0 Å². The Morgan fingerprint density at radius 2 is 1.84 bits per heavy atom. The minimum Gasteiger partial charge on any atom is -0.378 e. The molecule has 0 aliphatic carbocycles. The highest BCUT2D eigenvalue weighted by Gasteiger charge is 2.13. The van der Waals surface area contributed by atoms with E-state index in [-0.39, 0.29) is 24.7 Å². The zero-order valence-electron chi connectivity index (χ0n) is 14.0. The summed E-state index contributed by atoms with van der Waals surface area (Å²) in [6, 6.07) is 12.9. The van der Waals surface area contributed by atoms with E-state index in [0.717, 1.165) is 32.0 Å². The van der Waals surface area contributed by atoms with E-state index in [1.54, 1.807) is 30.5 Å². The van der Waals surface area contributed by atoms with Gasteiger partial charge in [0.05, 0.1) is 26.2 Å². The standard InChI is InChI=1S/C19H21N3O3/c23-18(14-21-19(24)13-16-3-1-2-8-20-16)15-4-6-17(7-5-15)22-9-11-25-12-10-22/h1-8H,9-14H2,(H,21,24). The summed E-state index contributed by atoms with van der Waals surface area (Å²) >= 11 is 0. The van der Waals surface area contributed by atoms with Crippen LogP contribution >= 0.6 is 0 Å². The number of hydrogen-bond acceptors (Lipinski definition) is 5. The van der Waals surface area contributed by atoms with Gasteiger partial charge in [0, 0.05) is 36.2 Å². The average Bonchev–Trinajstić information content (AvgIpc) is 2.68. The largest absolute Gasteiger partial charge is 0.378 e. The maximum absolute atomic E-state index is 12.2. The summed E-state index contributed by atoms with van der Waals surface area (Å²) in [6.07, 6.45) is 1.81. The normalized spacial score (nSPS) is 14.2. The highest BCUT2D eigenvalue weighted by atomic mass is 16.5. The van der Waals surface area contributed by atoms with Crippen molar-refractivity contribution in [2.24, 2.45) is 0 Å². The number of pyridine rings is 1. The lowest BCUT2D eigenvalue weighted by atomic mass is 10.1. The molecule has 0 atom stereocenters. The molecule has 6 nitrogen and oxygen atoms in total. The number of benzene rings is 1. The molecule has 3 rings (SSSR count). The van der Waals surface area contributed by atoms with Crippen LogP contribution in [0.3, 0.4) is 0 Å². The van der Waals surface area contributed by atoms with Crippen LogP contribution in [0.25, 0.3) is 0 Å². The van der Waals surface area contributed by atoms with Crippen LogP contribution in [0.15, 0.2) is 48.7 Å². The van der Waals surface area contributed by atoms with E-state index in [4.69, 9.17) is 4.74 Å². The van der Waals surface area contributed by atoms with Crippen molar-refractivity contribution in [2.75, 3.05) is 37.7 Å². The molecule has 1 aliphatic rings. The van der Waals surface area contributed by atoms with Crippen molar-refractivity contribution in [2.45, 2.75) is 6.42 Å². The maximum Gasteiger partial charge on any atom is 0.226 e. The quantitative estimate of drug-likeness (QED) is 0.807. The number of amides is 1. The Kier molecular flexibility index (Phi) is 5.74. The summed E-state index contributed by atoms with van der Waals surface area (Å²) in [5.74, 6) is -0.320. The van der Waals surface area contributed by atoms with Crippen LogP contribution in [-0.2, 0) is 16.0 Å².